The summed E-state index contributed by atoms with van der Waals surface area (Å²) in [6.45, 7) is 5.80. The maximum atomic E-state index is 12.1. The largest absolute Gasteiger partial charge is 0.387 e. The van der Waals surface area contributed by atoms with Crippen LogP contribution in [0.25, 0.3) is 0 Å². The number of piperidine rings is 1. The van der Waals surface area contributed by atoms with Crippen LogP contribution in [-0.2, 0) is 9.63 Å². The number of rotatable bonds is 2. The Hall–Kier alpha value is -1.10. The van der Waals surface area contributed by atoms with E-state index in [0.717, 1.165) is 25.9 Å². The molecule has 0 aromatic carbocycles. The Morgan fingerprint density at radius 2 is 2.35 bits per heavy atom. The summed E-state index contributed by atoms with van der Waals surface area (Å²) in [4.78, 5) is 19.3. The molecule has 0 aromatic rings. The van der Waals surface area contributed by atoms with Crippen LogP contribution >= 0.6 is 0 Å². The van der Waals surface area contributed by atoms with Crippen molar-refractivity contribution in [2.75, 3.05) is 20.1 Å². The lowest BCUT2D eigenvalue weighted by molar-refractivity contribution is -0.124. The summed E-state index contributed by atoms with van der Waals surface area (Å²) >= 11 is 0. The molecule has 1 atom stereocenters. The van der Waals surface area contributed by atoms with Crippen LogP contribution in [0, 0.1) is 0 Å². The quantitative estimate of drug-likeness (QED) is 0.773. The van der Waals surface area contributed by atoms with Gasteiger partial charge in [0.1, 0.15) is 5.71 Å². The summed E-state index contributed by atoms with van der Waals surface area (Å²) in [5, 5.41) is 7.31. The molecule has 96 valence electrons. The molecule has 2 heterocycles. The first-order valence-corrected chi connectivity index (χ1v) is 6.27. The molecule has 0 aliphatic carbocycles. The standard InChI is InChI=1S/C12H21N3O2/c1-9(2)15(3)11(16)10-7-12(17-14-10)5-4-6-13-8-12/h9,13H,4-8H2,1-3H3/t12-/m1/s1. The van der Waals surface area contributed by atoms with Crippen LogP contribution < -0.4 is 5.32 Å². The molecule has 1 amide bonds. The average molecular weight is 239 g/mol. The summed E-state index contributed by atoms with van der Waals surface area (Å²) in [6.07, 6.45) is 2.69. The molecule has 17 heavy (non-hydrogen) atoms. The highest BCUT2D eigenvalue weighted by molar-refractivity contribution is 6.39. The van der Waals surface area contributed by atoms with Gasteiger partial charge in [-0.3, -0.25) is 4.79 Å². The van der Waals surface area contributed by atoms with E-state index < -0.39 is 0 Å². The number of carbonyl (C=O) groups is 1. The average Bonchev–Trinajstić information content (AvgIpc) is 2.72. The van der Waals surface area contributed by atoms with E-state index in [0.29, 0.717) is 12.1 Å². The summed E-state index contributed by atoms with van der Waals surface area (Å²) in [5.41, 5.74) is 0.297. The first-order chi connectivity index (χ1) is 8.04. The highest BCUT2D eigenvalue weighted by Gasteiger charge is 2.42. The molecular formula is C12H21N3O2. The van der Waals surface area contributed by atoms with Gasteiger partial charge in [0, 0.05) is 26.1 Å². The second kappa shape index (κ2) is 4.64. The van der Waals surface area contributed by atoms with Crippen molar-refractivity contribution >= 4 is 11.6 Å². The maximum Gasteiger partial charge on any atom is 0.271 e. The number of oxime groups is 1. The van der Waals surface area contributed by atoms with Gasteiger partial charge in [-0.25, -0.2) is 0 Å². The van der Waals surface area contributed by atoms with Gasteiger partial charge in [0.25, 0.3) is 5.91 Å². The van der Waals surface area contributed by atoms with Crippen molar-refractivity contribution in [2.45, 2.75) is 44.8 Å². The second-order valence-electron chi connectivity index (χ2n) is 5.28. The van der Waals surface area contributed by atoms with Crippen molar-refractivity contribution in [1.82, 2.24) is 10.2 Å². The van der Waals surface area contributed by atoms with Crippen LogP contribution in [0.3, 0.4) is 0 Å². The number of nitrogens with zero attached hydrogens (tertiary/aromatic N) is 2. The minimum atomic E-state index is -0.263. The SMILES string of the molecule is CC(C)N(C)C(=O)C1=NO[C@]2(CCCNC2)C1. The number of nitrogens with one attached hydrogen (secondary N) is 1. The number of carbonyl (C=O) groups excluding carboxylic acids is 1. The van der Waals surface area contributed by atoms with E-state index in [4.69, 9.17) is 4.84 Å². The third-order valence-electron chi connectivity index (χ3n) is 3.61. The number of amides is 1. The van der Waals surface area contributed by atoms with Crippen LogP contribution in [0.15, 0.2) is 5.16 Å². The number of hydrogen-bond donors (Lipinski definition) is 1. The van der Waals surface area contributed by atoms with E-state index in [9.17, 15) is 4.79 Å². The Bertz CT molecular complexity index is 333. The van der Waals surface area contributed by atoms with E-state index in [1.165, 1.54) is 0 Å². The summed E-state index contributed by atoms with van der Waals surface area (Å²) in [5.74, 6) is -0.0116. The molecule has 0 radical (unpaired) electrons. The van der Waals surface area contributed by atoms with E-state index >= 15 is 0 Å². The van der Waals surface area contributed by atoms with Crippen LogP contribution in [0.4, 0.5) is 0 Å². The first-order valence-electron chi connectivity index (χ1n) is 6.27. The normalized spacial score (nSPS) is 28.1. The predicted molar refractivity (Wildman–Crippen MR) is 65.9 cm³/mol. The molecule has 2 aliphatic rings. The Morgan fingerprint density at radius 3 is 2.94 bits per heavy atom. The molecule has 2 aliphatic heterocycles. The van der Waals surface area contributed by atoms with Crippen molar-refractivity contribution in [2.24, 2.45) is 5.16 Å². The van der Waals surface area contributed by atoms with Crippen LogP contribution in [-0.4, -0.2) is 48.3 Å². The molecule has 1 fully saturated rings. The van der Waals surface area contributed by atoms with Gasteiger partial charge in [0.15, 0.2) is 5.60 Å². The van der Waals surface area contributed by atoms with Gasteiger partial charge < -0.3 is 15.1 Å². The third-order valence-corrected chi connectivity index (χ3v) is 3.61. The smallest absolute Gasteiger partial charge is 0.271 e. The molecule has 0 bridgehead atoms. The fourth-order valence-electron chi connectivity index (χ4n) is 2.24. The summed E-state index contributed by atoms with van der Waals surface area (Å²) in [6, 6.07) is 0.186. The summed E-state index contributed by atoms with van der Waals surface area (Å²) in [7, 11) is 1.81. The minimum absolute atomic E-state index is 0.0116. The lowest BCUT2D eigenvalue weighted by Crippen LogP contribution is -2.47. The van der Waals surface area contributed by atoms with Gasteiger partial charge in [-0.2, -0.15) is 0 Å². The van der Waals surface area contributed by atoms with Crippen LogP contribution in [0.1, 0.15) is 33.1 Å². The van der Waals surface area contributed by atoms with Crippen LogP contribution in [0.5, 0.6) is 0 Å². The maximum absolute atomic E-state index is 12.1. The molecule has 2 rings (SSSR count). The van der Waals surface area contributed by atoms with Crippen molar-refractivity contribution in [3.63, 3.8) is 0 Å². The second-order valence-corrected chi connectivity index (χ2v) is 5.28. The van der Waals surface area contributed by atoms with Crippen molar-refractivity contribution in [3.8, 4) is 0 Å². The highest BCUT2D eigenvalue weighted by Crippen LogP contribution is 2.30. The van der Waals surface area contributed by atoms with Gasteiger partial charge in [-0.05, 0) is 33.2 Å². The Balaban J connectivity index is 1.99. The van der Waals surface area contributed by atoms with E-state index in [-0.39, 0.29) is 17.6 Å². The lowest BCUT2D eigenvalue weighted by Gasteiger charge is -2.31. The van der Waals surface area contributed by atoms with Gasteiger partial charge in [-0.1, -0.05) is 5.16 Å². The topological polar surface area (TPSA) is 53.9 Å². The zero-order chi connectivity index (χ0) is 12.5. The Labute approximate surface area is 102 Å². The van der Waals surface area contributed by atoms with Crippen molar-refractivity contribution in [1.29, 1.82) is 0 Å². The molecule has 5 heteroatoms. The molecule has 0 saturated carbocycles. The van der Waals surface area contributed by atoms with E-state index in [2.05, 4.69) is 10.5 Å². The predicted octanol–water partition coefficient (Wildman–Crippen LogP) is 0.752. The van der Waals surface area contributed by atoms with Gasteiger partial charge in [-0.15, -0.1) is 0 Å². The third kappa shape index (κ3) is 2.44. The Morgan fingerprint density at radius 1 is 1.59 bits per heavy atom. The lowest BCUT2D eigenvalue weighted by atomic mass is 9.89. The number of hydrogen-bond acceptors (Lipinski definition) is 4. The van der Waals surface area contributed by atoms with E-state index in [1.54, 1.807) is 11.9 Å². The van der Waals surface area contributed by atoms with E-state index in [1.807, 2.05) is 13.8 Å². The summed E-state index contributed by atoms with van der Waals surface area (Å²) < 4.78 is 0. The molecular weight excluding hydrogens is 218 g/mol. The molecule has 0 unspecified atom stereocenters. The molecule has 5 nitrogen and oxygen atoms in total. The van der Waals surface area contributed by atoms with Crippen molar-refractivity contribution < 1.29 is 9.63 Å². The fraction of sp³-hybridized carbons (Fsp3) is 0.833. The van der Waals surface area contributed by atoms with Crippen LogP contribution in [0.2, 0.25) is 0 Å². The fourth-order valence-corrected chi connectivity index (χ4v) is 2.24. The van der Waals surface area contributed by atoms with Gasteiger partial charge >= 0.3 is 0 Å². The Kier molecular flexibility index (Phi) is 3.38. The van der Waals surface area contributed by atoms with Crippen molar-refractivity contribution in [3.05, 3.63) is 0 Å². The highest BCUT2D eigenvalue weighted by atomic mass is 16.7. The molecule has 1 N–H and O–H groups in total. The monoisotopic (exact) mass is 239 g/mol. The first kappa shape index (κ1) is 12.4. The molecule has 0 aromatic heterocycles. The zero-order valence-corrected chi connectivity index (χ0v) is 10.8. The van der Waals surface area contributed by atoms with Gasteiger partial charge in [0.05, 0.1) is 0 Å². The molecule has 1 spiro atoms. The zero-order valence-electron chi connectivity index (χ0n) is 10.8. The minimum Gasteiger partial charge on any atom is -0.387 e. The van der Waals surface area contributed by atoms with Gasteiger partial charge in [0.2, 0.25) is 0 Å². The molecule has 1 saturated heterocycles.